The molecule has 2 atom stereocenters. The van der Waals surface area contributed by atoms with Gasteiger partial charge in [0.05, 0.1) is 6.04 Å². The number of aliphatic hydroxyl groups is 1. The summed E-state index contributed by atoms with van der Waals surface area (Å²) in [6.45, 7) is 2.75. The Bertz CT molecular complexity index is 1440. The predicted molar refractivity (Wildman–Crippen MR) is 143 cm³/mol. The highest BCUT2D eigenvalue weighted by Crippen LogP contribution is 2.36. The molecule has 1 fully saturated rings. The maximum atomic E-state index is 14.8. The van der Waals surface area contributed by atoms with Crippen LogP contribution in [0.1, 0.15) is 35.6 Å². The minimum Gasteiger partial charge on any atom is -0.486 e. The number of nitrogens with zero attached hydrogens (tertiary/aromatic N) is 2. The van der Waals surface area contributed by atoms with Gasteiger partial charge in [-0.05, 0) is 73.0 Å². The molecule has 0 saturated carbocycles. The van der Waals surface area contributed by atoms with Crippen LogP contribution in [0.4, 0.5) is 8.78 Å². The molecule has 10 heteroatoms. The summed E-state index contributed by atoms with van der Waals surface area (Å²) in [5, 5.41) is 18.4. The smallest absolute Gasteiger partial charge is 0.274 e. The van der Waals surface area contributed by atoms with Crippen LogP contribution in [-0.4, -0.2) is 60.5 Å². The SMILES string of the molecule is O=C(NC(CN1CCCC1)C(O)c1cc(F)c2c(c1)OCCO2)C1=NOCc2cc(-c3ccc(F)cc3)ccc21. The molecule has 3 heterocycles. The fourth-order valence-corrected chi connectivity index (χ4v) is 5.38. The number of carbonyl (C=O) groups is 1. The molecular formula is C30H29F2N3O5. The Kier molecular flexibility index (Phi) is 7.36. The molecule has 6 rings (SSSR count). The van der Waals surface area contributed by atoms with E-state index in [1.165, 1.54) is 18.2 Å². The maximum absolute atomic E-state index is 14.8. The zero-order chi connectivity index (χ0) is 27.6. The zero-order valence-electron chi connectivity index (χ0n) is 21.7. The van der Waals surface area contributed by atoms with Crippen LogP contribution >= 0.6 is 0 Å². The Balaban J connectivity index is 1.25. The van der Waals surface area contributed by atoms with E-state index in [1.807, 2.05) is 12.1 Å². The van der Waals surface area contributed by atoms with Gasteiger partial charge in [0, 0.05) is 17.7 Å². The second-order valence-electron chi connectivity index (χ2n) is 10.2. The van der Waals surface area contributed by atoms with Gasteiger partial charge in [-0.3, -0.25) is 4.79 Å². The van der Waals surface area contributed by atoms with Crippen LogP contribution in [0.25, 0.3) is 11.1 Å². The standard InChI is InChI=1S/C30H29F2N3O5/c31-22-6-3-18(4-7-22)19-5-8-23-21(13-19)17-40-34-27(23)30(37)33-25(16-35-9-1-2-10-35)28(36)20-14-24(32)29-26(15-20)38-11-12-39-29/h3-8,13-15,25,28,36H,1-2,9-12,16-17H2,(H,33,37). The van der Waals surface area contributed by atoms with Gasteiger partial charge in [0.25, 0.3) is 5.91 Å². The lowest BCUT2D eigenvalue weighted by Crippen LogP contribution is -2.49. The van der Waals surface area contributed by atoms with Crippen molar-refractivity contribution in [1.29, 1.82) is 0 Å². The van der Waals surface area contributed by atoms with E-state index in [-0.39, 0.29) is 48.4 Å². The molecule has 0 bridgehead atoms. The van der Waals surface area contributed by atoms with Gasteiger partial charge in [-0.2, -0.15) is 0 Å². The highest BCUT2D eigenvalue weighted by atomic mass is 19.1. The van der Waals surface area contributed by atoms with Gasteiger partial charge in [0.15, 0.2) is 23.0 Å². The monoisotopic (exact) mass is 549 g/mol. The molecule has 0 aliphatic carbocycles. The van der Waals surface area contributed by atoms with Crippen molar-refractivity contribution in [2.45, 2.75) is 31.6 Å². The van der Waals surface area contributed by atoms with E-state index in [0.717, 1.165) is 42.6 Å². The van der Waals surface area contributed by atoms with Gasteiger partial charge in [0.1, 0.15) is 31.7 Å². The lowest BCUT2D eigenvalue weighted by molar-refractivity contribution is -0.116. The number of carbonyl (C=O) groups excluding carboxylic acids is 1. The van der Waals surface area contributed by atoms with Crippen molar-refractivity contribution in [2.24, 2.45) is 5.16 Å². The van der Waals surface area contributed by atoms with Crippen molar-refractivity contribution in [2.75, 3.05) is 32.8 Å². The molecule has 0 spiro atoms. The van der Waals surface area contributed by atoms with Gasteiger partial charge in [-0.25, -0.2) is 8.78 Å². The van der Waals surface area contributed by atoms with Crippen molar-refractivity contribution in [3.63, 3.8) is 0 Å². The summed E-state index contributed by atoms with van der Waals surface area (Å²) < 4.78 is 39.1. The minimum absolute atomic E-state index is 0.0210. The first kappa shape index (κ1) is 26.2. The number of aliphatic hydroxyl groups excluding tert-OH is 1. The van der Waals surface area contributed by atoms with Gasteiger partial charge < -0.3 is 29.6 Å². The minimum atomic E-state index is -1.22. The largest absolute Gasteiger partial charge is 0.486 e. The van der Waals surface area contributed by atoms with Gasteiger partial charge >= 0.3 is 0 Å². The number of oxime groups is 1. The molecule has 0 aromatic heterocycles. The van der Waals surface area contributed by atoms with E-state index >= 15 is 0 Å². The van der Waals surface area contributed by atoms with E-state index in [1.54, 1.807) is 24.3 Å². The highest BCUT2D eigenvalue weighted by molar-refractivity contribution is 6.45. The van der Waals surface area contributed by atoms with Crippen LogP contribution in [0, 0.1) is 11.6 Å². The summed E-state index contributed by atoms with van der Waals surface area (Å²) in [6, 6.07) is 13.7. The van der Waals surface area contributed by atoms with E-state index in [2.05, 4.69) is 15.4 Å². The summed E-state index contributed by atoms with van der Waals surface area (Å²) in [5.41, 5.74) is 3.41. The Labute approximate surface area is 230 Å². The second kappa shape index (κ2) is 11.2. The predicted octanol–water partition coefficient (Wildman–Crippen LogP) is 3.95. The van der Waals surface area contributed by atoms with Crippen LogP contribution in [-0.2, 0) is 16.2 Å². The lowest BCUT2D eigenvalue weighted by atomic mass is 9.95. The van der Waals surface area contributed by atoms with Crippen LogP contribution in [0.15, 0.2) is 59.8 Å². The molecule has 40 heavy (non-hydrogen) atoms. The van der Waals surface area contributed by atoms with Crippen LogP contribution < -0.4 is 14.8 Å². The number of halogens is 2. The number of hydrogen-bond acceptors (Lipinski definition) is 7. The summed E-state index contributed by atoms with van der Waals surface area (Å²) in [6.07, 6.45) is 0.833. The first-order valence-electron chi connectivity index (χ1n) is 13.4. The molecule has 1 saturated heterocycles. The molecule has 3 aromatic carbocycles. The first-order valence-corrected chi connectivity index (χ1v) is 13.4. The van der Waals surface area contributed by atoms with Crippen LogP contribution in [0.5, 0.6) is 11.5 Å². The number of amides is 1. The van der Waals surface area contributed by atoms with Crippen LogP contribution in [0.2, 0.25) is 0 Å². The number of rotatable bonds is 7. The molecule has 0 radical (unpaired) electrons. The lowest BCUT2D eigenvalue weighted by Gasteiger charge is -2.30. The molecule has 8 nitrogen and oxygen atoms in total. The van der Waals surface area contributed by atoms with E-state index in [9.17, 15) is 18.7 Å². The summed E-state index contributed by atoms with van der Waals surface area (Å²) in [4.78, 5) is 21.1. The number of ether oxygens (including phenoxy) is 2. The van der Waals surface area contributed by atoms with Crippen LogP contribution in [0.3, 0.4) is 0 Å². The van der Waals surface area contributed by atoms with Crippen molar-refractivity contribution in [3.05, 3.63) is 82.9 Å². The fourth-order valence-electron chi connectivity index (χ4n) is 5.38. The van der Waals surface area contributed by atoms with Crippen molar-refractivity contribution >= 4 is 11.6 Å². The molecule has 1 amide bonds. The molecule has 208 valence electrons. The number of fused-ring (bicyclic) bond motifs is 2. The van der Waals surface area contributed by atoms with Gasteiger partial charge in [-0.15, -0.1) is 0 Å². The highest BCUT2D eigenvalue weighted by Gasteiger charge is 2.32. The molecular weight excluding hydrogens is 520 g/mol. The normalized spacial score (nSPS) is 17.8. The average molecular weight is 550 g/mol. The van der Waals surface area contributed by atoms with Gasteiger partial charge in [-0.1, -0.05) is 29.4 Å². The maximum Gasteiger partial charge on any atom is 0.274 e. The molecule has 3 aliphatic rings. The first-order chi connectivity index (χ1) is 19.5. The van der Waals surface area contributed by atoms with E-state index in [4.69, 9.17) is 14.3 Å². The number of likely N-dealkylation sites (tertiary alicyclic amines) is 1. The van der Waals surface area contributed by atoms with Crippen molar-refractivity contribution in [3.8, 4) is 22.6 Å². The molecule has 2 N–H and O–H groups in total. The molecule has 3 aliphatic heterocycles. The van der Waals surface area contributed by atoms with Gasteiger partial charge in [0.2, 0.25) is 0 Å². The van der Waals surface area contributed by atoms with E-state index < -0.39 is 23.9 Å². The number of nitrogens with one attached hydrogen (secondary N) is 1. The Morgan fingerprint density at radius 1 is 1.00 bits per heavy atom. The number of benzene rings is 3. The van der Waals surface area contributed by atoms with E-state index in [0.29, 0.717) is 12.1 Å². The Morgan fingerprint density at radius 2 is 1.75 bits per heavy atom. The summed E-state index contributed by atoms with van der Waals surface area (Å²) in [5.74, 6) is -1.22. The topological polar surface area (TPSA) is 92.6 Å². The third kappa shape index (κ3) is 5.37. The molecule has 2 unspecified atom stereocenters. The van der Waals surface area contributed by atoms with Crippen molar-refractivity contribution in [1.82, 2.24) is 10.2 Å². The Morgan fingerprint density at radius 3 is 2.55 bits per heavy atom. The number of hydrogen-bond donors (Lipinski definition) is 2. The summed E-state index contributed by atoms with van der Waals surface area (Å²) >= 11 is 0. The third-order valence-electron chi connectivity index (χ3n) is 7.44. The summed E-state index contributed by atoms with van der Waals surface area (Å²) in [7, 11) is 0. The van der Waals surface area contributed by atoms with Crippen molar-refractivity contribution < 1.29 is 33.0 Å². The quantitative estimate of drug-likeness (QED) is 0.464. The zero-order valence-corrected chi connectivity index (χ0v) is 21.7. The fraction of sp³-hybridized carbons (Fsp3) is 0.333. The Hall–Kier alpha value is -4.02. The third-order valence-corrected chi connectivity index (χ3v) is 7.44. The molecule has 3 aromatic rings. The second-order valence-corrected chi connectivity index (χ2v) is 10.2. The average Bonchev–Trinajstić information content (AvgIpc) is 3.49.